The molecule has 1 heterocycles. The Balaban J connectivity index is 1.71. The maximum Gasteiger partial charge on any atom is 0.343 e. The molecule has 6 nitrogen and oxygen atoms in total. The van der Waals surface area contributed by atoms with Crippen LogP contribution < -0.4 is 4.74 Å². The fourth-order valence-electron chi connectivity index (χ4n) is 2.37. The van der Waals surface area contributed by atoms with E-state index in [9.17, 15) is 13.2 Å². The van der Waals surface area contributed by atoms with Gasteiger partial charge in [0.1, 0.15) is 5.75 Å². The third-order valence-electron chi connectivity index (χ3n) is 3.72. The van der Waals surface area contributed by atoms with Gasteiger partial charge in [-0.2, -0.15) is 4.31 Å². The van der Waals surface area contributed by atoms with Crippen LogP contribution in [0.15, 0.2) is 53.4 Å². The van der Waals surface area contributed by atoms with E-state index in [1.807, 2.05) is 0 Å². The quantitative estimate of drug-likeness (QED) is 0.601. The minimum Gasteiger partial charge on any atom is -0.423 e. The van der Waals surface area contributed by atoms with Crippen molar-refractivity contribution < 1.29 is 22.7 Å². The summed E-state index contributed by atoms with van der Waals surface area (Å²) in [6.45, 7) is 1.43. The Labute approximate surface area is 151 Å². The third-order valence-corrected chi connectivity index (χ3v) is 5.89. The van der Waals surface area contributed by atoms with Gasteiger partial charge in [0, 0.05) is 18.1 Å². The van der Waals surface area contributed by atoms with Gasteiger partial charge in [-0.25, -0.2) is 13.2 Å². The first-order chi connectivity index (χ1) is 12.0. The van der Waals surface area contributed by atoms with Gasteiger partial charge >= 0.3 is 5.97 Å². The van der Waals surface area contributed by atoms with Gasteiger partial charge in [0.2, 0.25) is 10.0 Å². The van der Waals surface area contributed by atoms with E-state index in [2.05, 4.69) is 0 Å². The lowest BCUT2D eigenvalue weighted by Gasteiger charge is -2.26. The predicted molar refractivity (Wildman–Crippen MR) is 92.4 cm³/mol. The number of hydrogen-bond acceptors (Lipinski definition) is 5. The van der Waals surface area contributed by atoms with E-state index in [-0.39, 0.29) is 10.6 Å². The molecule has 1 fully saturated rings. The molecule has 0 amide bonds. The number of carbonyl (C=O) groups excluding carboxylic acids is 1. The first kappa shape index (κ1) is 17.9. The molecular weight excluding hydrogens is 366 g/mol. The Morgan fingerprint density at radius 2 is 1.60 bits per heavy atom. The van der Waals surface area contributed by atoms with Crippen LogP contribution in [0.25, 0.3) is 0 Å². The maximum absolute atomic E-state index is 12.5. The number of nitrogens with zero attached hydrogens (tertiary/aromatic N) is 1. The SMILES string of the molecule is O=C(Oc1ccc(S(=O)(=O)N2CCOCC2)cc1)c1ccc(Cl)cc1. The van der Waals surface area contributed by atoms with Crippen LogP contribution in [0.1, 0.15) is 10.4 Å². The lowest BCUT2D eigenvalue weighted by atomic mass is 10.2. The van der Waals surface area contributed by atoms with E-state index in [4.69, 9.17) is 21.1 Å². The van der Waals surface area contributed by atoms with Crippen molar-refractivity contribution in [1.29, 1.82) is 0 Å². The van der Waals surface area contributed by atoms with E-state index in [1.165, 1.54) is 28.6 Å². The zero-order valence-electron chi connectivity index (χ0n) is 13.2. The molecule has 0 aromatic heterocycles. The van der Waals surface area contributed by atoms with Crippen LogP contribution in [0.5, 0.6) is 5.75 Å². The number of rotatable bonds is 4. The minimum absolute atomic E-state index is 0.153. The van der Waals surface area contributed by atoms with E-state index in [0.717, 1.165) is 0 Å². The van der Waals surface area contributed by atoms with Gasteiger partial charge in [0.15, 0.2) is 0 Å². The highest BCUT2D eigenvalue weighted by Crippen LogP contribution is 2.21. The summed E-state index contributed by atoms with van der Waals surface area (Å²) in [5.41, 5.74) is 0.356. The second-order valence-corrected chi connectivity index (χ2v) is 7.76. The zero-order chi connectivity index (χ0) is 17.9. The standard InChI is InChI=1S/C17H16ClNO5S/c18-14-3-1-13(2-4-14)17(20)24-15-5-7-16(8-6-15)25(21,22)19-9-11-23-12-10-19/h1-8H,9-12H2. The van der Waals surface area contributed by atoms with E-state index >= 15 is 0 Å². The lowest BCUT2D eigenvalue weighted by Crippen LogP contribution is -2.40. The average molecular weight is 382 g/mol. The summed E-state index contributed by atoms with van der Waals surface area (Å²) < 4.78 is 36.8. The molecule has 2 aromatic carbocycles. The average Bonchev–Trinajstić information content (AvgIpc) is 2.63. The normalized spacial score (nSPS) is 15.7. The smallest absolute Gasteiger partial charge is 0.343 e. The molecule has 0 radical (unpaired) electrons. The van der Waals surface area contributed by atoms with Crippen LogP contribution in [0.3, 0.4) is 0 Å². The summed E-state index contributed by atoms with van der Waals surface area (Å²) in [4.78, 5) is 12.2. The fourth-order valence-corrected chi connectivity index (χ4v) is 3.90. The van der Waals surface area contributed by atoms with E-state index in [0.29, 0.717) is 36.9 Å². The van der Waals surface area contributed by atoms with Crippen molar-refractivity contribution in [3.8, 4) is 5.75 Å². The lowest BCUT2D eigenvalue weighted by molar-refractivity contribution is 0.0728. The number of morpholine rings is 1. The van der Waals surface area contributed by atoms with Crippen LogP contribution in [-0.2, 0) is 14.8 Å². The van der Waals surface area contributed by atoms with Crippen LogP contribution in [0.2, 0.25) is 5.02 Å². The topological polar surface area (TPSA) is 72.9 Å². The van der Waals surface area contributed by atoms with Gasteiger partial charge in [-0.1, -0.05) is 11.6 Å². The van der Waals surface area contributed by atoms with E-state index < -0.39 is 16.0 Å². The number of ether oxygens (including phenoxy) is 2. The zero-order valence-corrected chi connectivity index (χ0v) is 14.8. The summed E-state index contributed by atoms with van der Waals surface area (Å²) in [6, 6.07) is 12.1. The molecule has 2 aromatic rings. The molecule has 1 aliphatic heterocycles. The molecular formula is C17H16ClNO5S. The van der Waals surface area contributed by atoms with Gasteiger partial charge in [0.25, 0.3) is 0 Å². The first-order valence-corrected chi connectivity index (χ1v) is 9.44. The van der Waals surface area contributed by atoms with Gasteiger partial charge < -0.3 is 9.47 Å². The molecule has 0 spiro atoms. The molecule has 3 rings (SSSR count). The second-order valence-electron chi connectivity index (χ2n) is 5.38. The van der Waals surface area contributed by atoms with Crippen molar-refractivity contribution in [3.05, 3.63) is 59.1 Å². The molecule has 0 unspecified atom stereocenters. The minimum atomic E-state index is -3.57. The van der Waals surface area contributed by atoms with Gasteiger partial charge in [-0.05, 0) is 48.5 Å². The van der Waals surface area contributed by atoms with E-state index in [1.54, 1.807) is 24.3 Å². The van der Waals surface area contributed by atoms with Gasteiger partial charge in [-0.3, -0.25) is 0 Å². The van der Waals surface area contributed by atoms with Crippen LogP contribution in [0.4, 0.5) is 0 Å². The van der Waals surface area contributed by atoms with Crippen molar-refractivity contribution in [1.82, 2.24) is 4.31 Å². The highest BCUT2D eigenvalue weighted by Gasteiger charge is 2.26. The number of benzene rings is 2. The monoisotopic (exact) mass is 381 g/mol. The maximum atomic E-state index is 12.5. The number of carbonyl (C=O) groups is 1. The Kier molecular flexibility index (Phi) is 5.39. The molecule has 1 aliphatic rings. The largest absolute Gasteiger partial charge is 0.423 e. The number of sulfonamides is 1. The fraction of sp³-hybridized carbons (Fsp3) is 0.235. The van der Waals surface area contributed by atoms with Gasteiger partial charge in [0.05, 0.1) is 23.7 Å². The van der Waals surface area contributed by atoms with Crippen molar-refractivity contribution in [2.24, 2.45) is 0 Å². The summed E-state index contributed by atoms with van der Waals surface area (Å²) in [5.74, 6) is -0.277. The van der Waals surface area contributed by atoms with Crippen molar-refractivity contribution in [2.75, 3.05) is 26.3 Å². The molecule has 1 saturated heterocycles. The second kappa shape index (κ2) is 7.53. The first-order valence-electron chi connectivity index (χ1n) is 7.62. The summed E-state index contributed by atoms with van der Waals surface area (Å²) in [6.07, 6.45) is 0. The highest BCUT2D eigenvalue weighted by atomic mass is 35.5. The molecule has 8 heteroatoms. The van der Waals surface area contributed by atoms with Crippen LogP contribution in [0, 0.1) is 0 Å². The van der Waals surface area contributed by atoms with Gasteiger partial charge in [-0.15, -0.1) is 0 Å². The molecule has 0 atom stereocenters. The summed E-state index contributed by atoms with van der Waals surface area (Å²) in [5, 5.41) is 0.522. The number of halogens is 1. The Morgan fingerprint density at radius 3 is 2.20 bits per heavy atom. The molecule has 0 saturated carbocycles. The molecule has 25 heavy (non-hydrogen) atoms. The van der Waals surface area contributed by atoms with Crippen LogP contribution >= 0.6 is 11.6 Å². The Morgan fingerprint density at radius 1 is 1.00 bits per heavy atom. The molecule has 0 N–H and O–H groups in total. The van der Waals surface area contributed by atoms with Crippen LogP contribution in [-0.4, -0.2) is 45.0 Å². The summed E-state index contributed by atoms with van der Waals surface area (Å²) in [7, 11) is -3.57. The van der Waals surface area contributed by atoms with Crippen molar-refractivity contribution in [2.45, 2.75) is 4.90 Å². The molecule has 0 aliphatic carbocycles. The Hall–Kier alpha value is -1.93. The number of hydrogen-bond donors (Lipinski definition) is 0. The highest BCUT2D eigenvalue weighted by molar-refractivity contribution is 7.89. The molecule has 132 valence electrons. The summed E-state index contributed by atoms with van der Waals surface area (Å²) >= 11 is 5.78. The predicted octanol–water partition coefficient (Wildman–Crippen LogP) is 2.58. The third kappa shape index (κ3) is 4.19. The number of esters is 1. The molecule has 0 bridgehead atoms. The van der Waals surface area contributed by atoms with Crippen molar-refractivity contribution in [3.63, 3.8) is 0 Å². The van der Waals surface area contributed by atoms with Crippen molar-refractivity contribution >= 4 is 27.6 Å². The Bertz CT molecular complexity index is 844.